The number of hydrogen-bond acceptors (Lipinski definition) is 4. The van der Waals surface area contributed by atoms with Gasteiger partial charge in [-0.1, -0.05) is 0 Å². The van der Waals surface area contributed by atoms with Gasteiger partial charge in [-0.05, 0) is 55.7 Å². The molecular formula is C15H22BrN5. The average molecular weight is 352 g/mol. The van der Waals surface area contributed by atoms with Gasteiger partial charge >= 0.3 is 0 Å². The van der Waals surface area contributed by atoms with E-state index in [0.29, 0.717) is 12.1 Å². The molecule has 0 radical (unpaired) electrons. The maximum Gasteiger partial charge on any atom is 0.155 e. The molecule has 0 aliphatic carbocycles. The van der Waals surface area contributed by atoms with Crippen molar-refractivity contribution in [3.63, 3.8) is 0 Å². The summed E-state index contributed by atoms with van der Waals surface area (Å²) in [7, 11) is 0. The van der Waals surface area contributed by atoms with Gasteiger partial charge in [-0.15, -0.1) is 0 Å². The Morgan fingerprint density at radius 1 is 1.29 bits per heavy atom. The minimum absolute atomic E-state index is 0.607. The molecule has 21 heavy (non-hydrogen) atoms. The van der Waals surface area contributed by atoms with E-state index in [0.717, 1.165) is 16.8 Å². The Labute approximate surface area is 133 Å². The summed E-state index contributed by atoms with van der Waals surface area (Å²) in [5.41, 5.74) is 2.07. The van der Waals surface area contributed by atoms with Crippen LogP contribution in [0.4, 0.5) is 0 Å². The summed E-state index contributed by atoms with van der Waals surface area (Å²) in [4.78, 5) is 11.1. The van der Waals surface area contributed by atoms with Crippen LogP contribution in [-0.4, -0.2) is 44.4 Å². The molecule has 1 fully saturated rings. The van der Waals surface area contributed by atoms with Crippen LogP contribution >= 0.6 is 15.9 Å². The number of fused-ring (bicyclic) bond motifs is 1. The number of nitrogens with one attached hydrogen (secondary N) is 1. The first-order chi connectivity index (χ1) is 10.1. The summed E-state index contributed by atoms with van der Waals surface area (Å²) < 4.78 is 2.92. The summed E-state index contributed by atoms with van der Waals surface area (Å²) in [5, 5.41) is 3.67. The van der Waals surface area contributed by atoms with E-state index < -0.39 is 0 Å². The highest BCUT2D eigenvalue weighted by Gasteiger charge is 2.20. The molecular weight excluding hydrogens is 330 g/mol. The van der Waals surface area contributed by atoms with E-state index in [1.54, 1.807) is 6.20 Å². The lowest BCUT2D eigenvalue weighted by molar-refractivity contribution is 0.160. The Hall–Kier alpha value is -0.980. The highest BCUT2D eigenvalue weighted by Crippen LogP contribution is 2.15. The van der Waals surface area contributed by atoms with E-state index in [2.05, 4.69) is 54.4 Å². The average Bonchev–Trinajstić information content (AvgIpc) is 2.88. The van der Waals surface area contributed by atoms with Crippen LogP contribution in [0.5, 0.6) is 0 Å². The van der Waals surface area contributed by atoms with E-state index in [4.69, 9.17) is 0 Å². The standard InChI is InChI=1S/C15H22BrN5/c1-11(2)20-5-3-12(4-6-20)17-7-13-8-19-15-9-18-14(16)10-21(13)15/h8-12,17H,3-7H2,1-2H3. The summed E-state index contributed by atoms with van der Waals surface area (Å²) >= 11 is 3.41. The van der Waals surface area contributed by atoms with Gasteiger partial charge in [-0.25, -0.2) is 9.97 Å². The number of nitrogens with zero attached hydrogens (tertiary/aromatic N) is 4. The smallest absolute Gasteiger partial charge is 0.155 e. The molecule has 1 aliphatic rings. The Kier molecular flexibility index (Phi) is 4.57. The molecule has 0 unspecified atom stereocenters. The number of piperidine rings is 1. The van der Waals surface area contributed by atoms with Crippen LogP contribution in [0.25, 0.3) is 5.65 Å². The third-order valence-corrected chi connectivity index (χ3v) is 4.68. The van der Waals surface area contributed by atoms with Crippen molar-refractivity contribution in [2.75, 3.05) is 13.1 Å². The van der Waals surface area contributed by atoms with E-state index in [1.165, 1.54) is 31.6 Å². The fourth-order valence-electron chi connectivity index (χ4n) is 2.92. The Balaban J connectivity index is 1.59. The van der Waals surface area contributed by atoms with Crippen molar-refractivity contribution in [2.45, 2.75) is 45.3 Å². The first-order valence-corrected chi connectivity index (χ1v) is 8.37. The van der Waals surface area contributed by atoms with E-state index in [9.17, 15) is 0 Å². The monoisotopic (exact) mass is 351 g/mol. The molecule has 1 aliphatic heterocycles. The van der Waals surface area contributed by atoms with Crippen molar-refractivity contribution in [1.29, 1.82) is 0 Å². The minimum Gasteiger partial charge on any atom is -0.308 e. The molecule has 6 heteroatoms. The quantitative estimate of drug-likeness (QED) is 0.918. The highest BCUT2D eigenvalue weighted by atomic mass is 79.9. The lowest BCUT2D eigenvalue weighted by Gasteiger charge is -2.34. The first-order valence-electron chi connectivity index (χ1n) is 7.58. The normalized spacial score (nSPS) is 17.9. The summed E-state index contributed by atoms with van der Waals surface area (Å²) in [5.74, 6) is 0. The zero-order valence-electron chi connectivity index (χ0n) is 12.6. The van der Waals surface area contributed by atoms with Gasteiger partial charge in [0.05, 0.1) is 18.1 Å². The maximum atomic E-state index is 4.39. The first kappa shape index (κ1) is 14.9. The summed E-state index contributed by atoms with van der Waals surface area (Å²) in [6.07, 6.45) is 8.13. The van der Waals surface area contributed by atoms with Crippen LogP contribution in [0, 0.1) is 0 Å². The Morgan fingerprint density at radius 3 is 2.76 bits per heavy atom. The summed E-state index contributed by atoms with van der Waals surface area (Å²) in [6, 6.07) is 1.27. The maximum absolute atomic E-state index is 4.39. The van der Waals surface area contributed by atoms with Crippen LogP contribution in [0.3, 0.4) is 0 Å². The van der Waals surface area contributed by atoms with Crippen LogP contribution < -0.4 is 5.32 Å². The van der Waals surface area contributed by atoms with E-state index in [-0.39, 0.29) is 0 Å². The number of halogens is 1. The molecule has 0 amide bonds. The second kappa shape index (κ2) is 6.42. The second-order valence-corrected chi connectivity index (χ2v) is 6.79. The molecule has 0 spiro atoms. The molecule has 0 bridgehead atoms. The molecule has 3 heterocycles. The number of rotatable bonds is 4. The van der Waals surface area contributed by atoms with Gasteiger partial charge in [0.25, 0.3) is 0 Å². The molecule has 5 nitrogen and oxygen atoms in total. The SMILES string of the molecule is CC(C)N1CCC(NCc2cnc3cnc(Br)cn23)CC1. The van der Waals surface area contributed by atoms with Crippen LogP contribution in [0.2, 0.25) is 0 Å². The molecule has 2 aromatic rings. The molecule has 114 valence electrons. The molecule has 0 saturated carbocycles. The molecule has 2 aromatic heterocycles. The molecule has 0 aromatic carbocycles. The topological polar surface area (TPSA) is 45.5 Å². The van der Waals surface area contributed by atoms with Gasteiger partial charge in [0.15, 0.2) is 5.65 Å². The predicted octanol–water partition coefficient (Wildman–Crippen LogP) is 2.45. The zero-order valence-corrected chi connectivity index (χ0v) is 14.2. The predicted molar refractivity (Wildman–Crippen MR) is 87.3 cm³/mol. The largest absolute Gasteiger partial charge is 0.308 e. The molecule has 1 saturated heterocycles. The van der Waals surface area contributed by atoms with Crippen LogP contribution in [-0.2, 0) is 6.54 Å². The van der Waals surface area contributed by atoms with Crippen LogP contribution in [0.15, 0.2) is 23.2 Å². The number of likely N-dealkylation sites (tertiary alicyclic amines) is 1. The van der Waals surface area contributed by atoms with E-state index >= 15 is 0 Å². The fourth-order valence-corrected chi connectivity index (χ4v) is 3.22. The lowest BCUT2D eigenvalue weighted by Crippen LogP contribution is -2.44. The van der Waals surface area contributed by atoms with Crippen molar-refractivity contribution < 1.29 is 0 Å². The zero-order chi connectivity index (χ0) is 14.8. The van der Waals surface area contributed by atoms with Gasteiger partial charge in [0, 0.05) is 24.8 Å². The number of imidazole rings is 1. The van der Waals surface area contributed by atoms with E-state index in [1.807, 2.05) is 12.4 Å². The molecule has 1 N–H and O–H groups in total. The van der Waals surface area contributed by atoms with Gasteiger partial charge < -0.3 is 10.2 Å². The van der Waals surface area contributed by atoms with Crippen molar-refractivity contribution in [3.8, 4) is 0 Å². The second-order valence-electron chi connectivity index (χ2n) is 5.97. The molecule has 0 atom stereocenters. The van der Waals surface area contributed by atoms with Crippen molar-refractivity contribution in [2.24, 2.45) is 0 Å². The van der Waals surface area contributed by atoms with Crippen LogP contribution in [0.1, 0.15) is 32.4 Å². The van der Waals surface area contributed by atoms with Crippen molar-refractivity contribution in [3.05, 3.63) is 28.9 Å². The third-order valence-electron chi connectivity index (χ3n) is 4.27. The van der Waals surface area contributed by atoms with Crippen molar-refractivity contribution >= 4 is 21.6 Å². The van der Waals surface area contributed by atoms with Crippen molar-refractivity contribution in [1.82, 2.24) is 24.6 Å². The number of hydrogen-bond donors (Lipinski definition) is 1. The Bertz CT molecular complexity index is 601. The van der Waals surface area contributed by atoms with Gasteiger partial charge in [-0.2, -0.15) is 0 Å². The fraction of sp³-hybridized carbons (Fsp3) is 0.600. The molecule has 3 rings (SSSR count). The Morgan fingerprint density at radius 2 is 2.05 bits per heavy atom. The number of aromatic nitrogens is 3. The van der Waals surface area contributed by atoms with Gasteiger partial charge in [-0.3, -0.25) is 4.40 Å². The van der Waals surface area contributed by atoms with Gasteiger partial charge in [0.1, 0.15) is 4.60 Å². The highest BCUT2D eigenvalue weighted by molar-refractivity contribution is 9.10. The minimum atomic E-state index is 0.607. The third kappa shape index (κ3) is 3.44. The summed E-state index contributed by atoms with van der Waals surface area (Å²) in [6.45, 7) is 7.79. The van der Waals surface area contributed by atoms with Gasteiger partial charge in [0.2, 0.25) is 0 Å². The lowest BCUT2D eigenvalue weighted by atomic mass is 10.0.